The maximum absolute atomic E-state index is 12.9. The van der Waals surface area contributed by atoms with Gasteiger partial charge in [-0.3, -0.25) is 9.78 Å². The molecule has 1 saturated carbocycles. The number of ether oxygens (including phenoxy) is 1. The van der Waals surface area contributed by atoms with E-state index in [2.05, 4.69) is 4.98 Å². The van der Waals surface area contributed by atoms with Crippen molar-refractivity contribution in [3.63, 3.8) is 0 Å². The maximum Gasteiger partial charge on any atom is 0.273 e. The van der Waals surface area contributed by atoms with Crippen LogP contribution in [0.15, 0.2) is 36.5 Å². The van der Waals surface area contributed by atoms with Crippen LogP contribution >= 0.6 is 0 Å². The van der Waals surface area contributed by atoms with Crippen LogP contribution in [0.3, 0.4) is 0 Å². The first-order valence-electron chi connectivity index (χ1n) is 7.92. The van der Waals surface area contributed by atoms with Crippen LogP contribution in [-0.4, -0.2) is 42.1 Å². The van der Waals surface area contributed by atoms with E-state index in [-0.39, 0.29) is 5.91 Å². The number of likely N-dealkylation sites (tertiary alicyclic amines) is 1. The van der Waals surface area contributed by atoms with E-state index in [0.29, 0.717) is 23.6 Å². The Morgan fingerprint density at radius 2 is 1.91 bits per heavy atom. The third-order valence-corrected chi connectivity index (χ3v) is 5.20. The van der Waals surface area contributed by atoms with Gasteiger partial charge in [-0.25, -0.2) is 0 Å². The fourth-order valence-electron chi connectivity index (χ4n) is 4.04. The van der Waals surface area contributed by atoms with E-state index in [1.54, 1.807) is 13.3 Å². The molecule has 1 unspecified atom stereocenters. The number of nitrogens with zero attached hydrogens (tertiary/aromatic N) is 2. The maximum atomic E-state index is 12.9. The van der Waals surface area contributed by atoms with Crippen molar-refractivity contribution in [2.75, 3.05) is 20.2 Å². The highest BCUT2D eigenvalue weighted by atomic mass is 16.5. The number of methoxy groups -OCH3 is 1. The molecule has 1 aromatic heterocycles. The number of amides is 1. The van der Waals surface area contributed by atoms with Crippen molar-refractivity contribution < 1.29 is 9.53 Å². The van der Waals surface area contributed by atoms with Gasteiger partial charge in [-0.05, 0) is 36.1 Å². The SMILES string of the molecule is COC1C[C@@H]2CN(C(=O)c3nccc4ccccc34)C[C@@H]2C1. The summed E-state index contributed by atoms with van der Waals surface area (Å²) in [5, 5.41) is 2.02. The molecular formula is C18H20N2O2. The van der Waals surface area contributed by atoms with Crippen LogP contribution in [0.25, 0.3) is 10.8 Å². The zero-order valence-corrected chi connectivity index (χ0v) is 12.7. The highest BCUT2D eigenvalue weighted by molar-refractivity contribution is 6.05. The molecule has 0 radical (unpaired) electrons. The molecular weight excluding hydrogens is 276 g/mol. The van der Waals surface area contributed by atoms with Crippen LogP contribution < -0.4 is 0 Å². The lowest BCUT2D eigenvalue weighted by molar-refractivity contribution is 0.0728. The summed E-state index contributed by atoms with van der Waals surface area (Å²) < 4.78 is 5.47. The monoisotopic (exact) mass is 296 g/mol. The Morgan fingerprint density at radius 1 is 1.18 bits per heavy atom. The lowest BCUT2D eigenvalue weighted by atomic mass is 10.0. The molecule has 1 aliphatic carbocycles. The molecule has 22 heavy (non-hydrogen) atoms. The van der Waals surface area contributed by atoms with Gasteiger partial charge in [-0.15, -0.1) is 0 Å². The number of hydrogen-bond donors (Lipinski definition) is 0. The molecule has 4 nitrogen and oxygen atoms in total. The largest absolute Gasteiger partial charge is 0.381 e. The Balaban J connectivity index is 1.58. The quantitative estimate of drug-likeness (QED) is 0.856. The van der Waals surface area contributed by atoms with Crippen LogP contribution in [0.2, 0.25) is 0 Å². The zero-order valence-electron chi connectivity index (χ0n) is 12.7. The number of hydrogen-bond acceptors (Lipinski definition) is 3. The number of pyridine rings is 1. The van der Waals surface area contributed by atoms with Crippen LogP contribution in [0.1, 0.15) is 23.3 Å². The fourth-order valence-corrected chi connectivity index (χ4v) is 4.04. The molecule has 2 fully saturated rings. The Labute approximate surface area is 130 Å². The van der Waals surface area contributed by atoms with Gasteiger partial charge >= 0.3 is 0 Å². The first kappa shape index (κ1) is 13.7. The van der Waals surface area contributed by atoms with Gasteiger partial charge in [0.15, 0.2) is 0 Å². The third kappa shape index (κ3) is 2.18. The van der Waals surface area contributed by atoms with E-state index in [9.17, 15) is 4.79 Å². The minimum atomic E-state index is 0.0696. The summed E-state index contributed by atoms with van der Waals surface area (Å²) in [6, 6.07) is 9.90. The second-order valence-electron chi connectivity index (χ2n) is 6.44. The van der Waals surface area contributed by atoms with Crippen LogP contribution in [0, 0.1) is 11.8 Å². The van der Waals surface area contributed by atoms with Gasteiger partial charge < -0.3 is 9.64 Å². The zero-order chi connectivity index (χ0) is 15.1. The predicted molar refractivity (Wildman–Crippen MR) is 84.7 cm³/mol. The number of carbonyl (C=O) groups is 1. The molecule has 1 amide bonds. The molecule has 0 N–H and O–H groups in total. The normalized spacial score (nSPS) is 27.3. The summed E-state index contributed by atoms with van der Waals surface area (Å²) >= 11 is 0. The van der Waals surface area contributed by atoms with Crippen molar-refractivity contribution in [1.29, 1.82) is 0 Å². The highest BCUT2D eigenvalue weighted by Gasteiger charge is 2.42. The van der Waals surface area contributed by atoms with Gasteiger partial charge in [-0.1, -0.05) is 24.3 Å². The van der Waals surface area contributed by atoms with E-state index in [1.165, 1.54) is 0 Å². The first-order chi connectivity index (χ1) is 10.8. The Morgan fingerprint density at radius 3 is 2.64 bits per heavy atom. The first-order valence-corrected chi connectivity index (χ1v) is 7.92. The minimum Gasteiger partial charge on any atom is -0.381 e. The number of carbonyl (C=O) groups excluding carboxylic acids is 1. The van der Waals surface area contributed by atoms with Crippen molar-refractivity contribution >= 4 is 16.7 Å². The average Bonchev–Trinajstić information content (AvgIpc) is 3.12. The Hall–Kier alpha value is -1.94. The van der Waals surface area contributed by atoms with Gasteiger partial charge in [0.05, 0.1) is 6.10 Å². The number of benzene rings is 1. The van der Waals surface area contributed by atoms with Crippen LogP contribution in [0.4, 0.5) is 0 Å². The van der Waals surface area contributed by atoms with Crippen LogP contribution in [0.5, 0.6) is 0 Å². The molecule has 4 rings (SSSR count). The second kappa shape index (κ2) is 5.36. The predicted octanol–water partition coefficient (Wildman–Crippen LogP) is 2.73. The minimum absolute atomic E-state index is 0.0696. The van der Waals surface area contributed by atoms with E-state index < -0.39 is 0 Å². The summed E-state index contributed by atoms with van der Waals surface area (Å²) in [6.45, 7) is 1.68. The average molecular weight is 296 g/mol. The van der Waals surface area contributed by atoms with E-state index in [4.69, 9.17) is 4.74 Å². The molecule has 1 saturated heterocycles. The second-order valence-corrected chi connectivity index (χ2v) is 6.44. The van der Waals surface area contributed by atoms with Gasteiger partial charge in [0.1, 0.15) is 5.69 Å². The number of fused-ring (bicyclic) bond motifs is 2. The summed E-state index contributed by atoms with van der Waals surface area (Å²) in [4.78, 5) is 19.2. The van der Waals surface area contributed by atoms with Crippen molar-refractivity contribution in [2.45, 2.75) is 18.9 Å². The van der Waals surface area contributed by atoms with E-state index >= 15 is 0 Å². The van der Waals surface area contributed by atoms with E-state index in [1.807, 2.05) is 35.2 Å². The van der Waals surface area contributed by atoms with Crippen LogP contribution in [-0.2, 0) is 4.74 Å². The molecule has 3 atom stereocenters. The van der Waals surface area contributed by atoms with Gasteiger partial charge in [0.2, 0.25) is 0 Å². The molecule has 114 valence electrons. The molecule has 4 heteroatoms. The molecule has 0 bridgehead atoms. The number of rotatable bonds is 2. The summed E-state index contributed by atoms with van der Waals surface area (Å²) in [7, 11) is 1.79. The molecule has 2 aliphatic rings. The molecule has 2 aromatic rings. The third-order valence-electron chi connectivity index (χ3n) is 5.20. The van der Waals surface area contributed by atoms with Gasteiger partial charge in [0.25, 0.3) is 5.91 Å². The molecule has 2 heterocycles. The van der Waals surface area contributed by atoms with Crippen molar-refractivity contribution in [3.8, 4) is 0 Å². The summed E-state index contributed by atoms with van der Waals surface area (Å²) in [5.41, 5.74) is 0.585. The fraction of sp³-hybridized carbons (Fsp3) is 0.444. The van der Waals surface area contributed by atoms with Crippen molar-refractivity contribution in [1.82, 2.24) is 9.88 Å². The lowest BCUT2D eigenvalue weighted by Crippen LogP contribution is -2.31. The highest BCUT2D eigenvalue weighted by Crippen LogP contribution is 2.39. The smallest absolute Gasteiger partial charge is 0.273 e. The Kier molecular flexibility index (Phi) is 3.34. The standard InChI is InChI=1S/C18H20N2O2/c1-22-15-8-13-10-20(11-14(13)9-15)18(21)17-16-5-3-2-4-12(16)6-7-19-17/h2-7,13-15H,8-11H2,1H3/t13-,14+,15?. The van der Waals surface area contributed by atoms with Gasteiger partial charge in [-0.2, -0.15) is 0 Å². The summed E-state index contributed by atoms with van der Waals surface area (Å²) in [5.74, 6) is 1.24. The van der Waals surface area contributed by atoms with Crippen molar-refractivity contribution in [2.24, 2.45) is 11.8 Å². The summed E-state index contributed by atoms with van der Waals surface area (Å²) in [6.07, 6.45) is 4.26. The topological polar surface area (TPSA) is 42.4 Å². The molecule has 1 aliphatic heterocycles. The van der Waals surface area contributed by atoms with Gasteiger partial charge in [0, 0.05) is 31.8 Å². The molecule has 0 spiro atoms. The lowest BCUT2D eigenvalue weighted by Gasteiger charge is -2.19. The van der Waals surface area contributed by atoms with Crippen molar-refractivity contribution in [3.05, 3.63) is 42.2 Å². The number of aromatic nitrogens is 1. The molecule has 1 aromatic carbocycles. The Bertz CT molecular complexity index is 696. The van der Waals surface area contributed by atoms with E-state index in [0.717, 1.165) is 36.7 Å².